The van der Waals surface area contributed by atoms with Crippen LogP contribution in [0.3, 0.4) is 0 Å². The fraction of sp³-hybridized carbons (Fsp3) is 0.739. The van der Waals surface area contributed by atoms with Crippen molar-refractivity contribution in [2.24, 2.45) is 4.99 Å². The predicted octanol–water partition coefficient (Wildman–Crippen LogP) is 2.34. The highest BCUT2D eigenvalue weighted by Crippen LogP contribution is 2.18. The Kier molecular flexibility index (Phi) is 7.67. The third-order valence-corrected chi connectivity index (χ3v) is 6.63. The van der Waals surface area contributed by atoms with Crippen molar-refractivity contribution < 1.29 is 9.21 Å². The van der Waals surface area contributed by atoms with Crippen molar-refractivity contribution in [2.45, 2.75) is 57.4 Å². The molecule has 30 heavy (non-hydrogen) atoms. The largest absolute Gasteiger partial charge is 0.469 e. The molecule has 3 fully saturated rings. The number of aliphatic imine (C=N–C) groups is 1. The minimum absolute atomic E-state index is 0.305. The zero-order valence-corrected chi connectivity index (χ0v) is 18.2. The number of likely N-dealkylation sites (tertiary alicyclic amines) is 1. The highest BCUT2D eigenvalue weighted by Gasteiger charge is 2.25. The molecule has 0 bridgehead atoms. The third kappa shape index (κ3) is 6.00. The van der Waals surface area contributed by atoms with Crippen molar-refractivity contribution in [3.63, 3.8) is 0 Å². The average Bonchev–Trinajstić information content (AvgIpc) is 3.49. The van der Waals surface area contributed by atoms with Gasteiger partial charge in [0.05, 0.1) is 12.8 Å². The molecule has 7 heteroatoms. The maximum atomic E-state index is 12.6. The van der Waals surface area contributed by atoms with Crippen LogP contribution in [0.15, 0.2) is 27.8 Å². The summed E-state index contributed by atoms with van der Waals surface area (Å²) < 4.78 is 5.45. The van der Waals surface area contributed by atoms with Gasteiger partial charge in [0.15, 0.2) is 5.96 Å². The molecule has 1 N–H and O–H groups in total. The second kappa shape index (κ2) is 10.8. The lowest BCUT2D eigenvalue weighted by Crippen LogP contribution is -2.55. The van der Waals surface area contributed by atoms with Crippen molar-refractivity contribution in [1.82, 2.24) is 20.0 Å². The van der Waals surface area contributed by atoms with Crippen LogP contribution in [0.5, 0.6) is 0 Å². The molecular formula is C23H37N5O2. The molecule has 1 saturated carbocycles. The highest BCUT2D eigenvalue weighted by molar-refractivity contribution is 5.81. The van der Waals surface area contributed by atoms with Gasteiger partial charge in [0.25, 0.3) is 0 Å². The number of nitrogens with one attached hydrogen (secondary N) is 1. The summed E-state index contributed by atoms with van der Waals surface area (Å²) in [6, 6.07) is 4.49. The first-order chi connectivity index (χ1) is 14.8. The molecule has 0 aromatic carbocycles. The minimum atomic E-state index is 0.305. The number of carbonyl (C=O) groups excluding carboxylic acids is 1. The Bertz CT molecular complexity index is 670. The molecule has 0 radical (unpaired) electrons. The monoisotopic (exact) mass is 415 g/mol. The Hall–Kier alpha value is -2.02. The van der Waals surface area contributed by atoms with Gasteiger partial charge in [-0.05, 0) is 44.2 Å². The Labute approximate surface area is 180 Å². The summed E-state index contributed by atoms with van der Waals surface area (Å²) in [5, 5.41) is 3.72. The first-order valence-corrected chi connectivity index (χ1v) is 11.9. The van der Waals surface area contributed by atoms with Crippen molar-refractivity contribution in [3.05, 3.63) is 24.2 Å². The summed E-state index contributed by atoms with van der Waals surface area (Å²) >= 11 is 0. The maximum Gasteiger partial charge on any atom is 0.236 e. The van der Waals surface area contributed by atoms with Gasteiger partial charge in [-0.15, -0.1) is 0 Å². The first kappa shape index (κ1) is 21.2. The van der Waals surface area contributed by atoms with Gasteiger partial charge < -0.3 is 19.5 Å². The van der Waals surface area contributed by atoms with E-state index in [-0.39, 0.29) is 0 Å². The quantitative estimate of drug-likeness (QED) is 0.571. The molecule has 0 unspecified atom stereocenters. The Morgan fingerprint density at radius 3 is 2.47 bits per heavy atom. The standard InChI is InChI=1S/C23H37N5O2/c29-22(27-12-4-1-5-13-27)19-26-14-16-28(17-15-26)23(25-20-7-2-3-8-20)24-11-10-21-9-6-18-30-21/h6,9,18,20H,1-5,7-8,10-17,19H2,(H,24,25). The van der Waals surface area contributed by atoms with E-state index < -0.39 is 0 Å². The van der Waals surface area contributed by atoms with Gasteiger partial charge in [-0.2, -0.15) is 0 Å². The van der Waals surface area contributed by atoms with E-state index in [9.17, 15) is 4.79 Å². The van der Waals surface area contributed by atoms with Gasteiger partial charge in [0, 0.05) is 58.3 Å². The van der Waals surface area contributed by atoms with Crippen LogP contribution in [0.4, 0.5) is 0 Å². The van der Waals surface area contributed by atoms with Crippen molar-refractivity contribution in [3.8, 4) is 0 Å². The molecule has 1 aromatic rings. The molecule has 4 rings (SSSR count). The number of hydrogen-bond donors (Lipinski definition) is 1. The Morgan fingerprint density at radius 2 is 1.77 bits per heavy atom. The Balaban J connectivity index is 1.28. The lowest BCUT2D eigenvalue weighted by molar-refractivity contribution is -0.133. The molecule has 0 spiro atoms. The van der Waals surface area contributed by atoms with Gasteiger partial charge in [-0.3, -0.25) is 14.7 Å². The van der Waals surface area contributed by atoms with Crippen molar-refractivity contribution in [2.75, 3.05) is 52.4 Å². The number of hydrogen-bond acceptors (Lipinski definition) is 4. The number of guanidine groups is 1. The molecule has 1 aliphatic carbocycles. The van der Waals surface area contributed by atoms with Crippen LogP contribution in [0.25, 0.3) is 0 Å². The van der Waals surface area contributed by atoms with E-state index in [0.29, 0.717) is 18.5 Å². The number of piperidine rings is 1. The SMILES string of the molecule is O=C(CN1CCN(C(=NCCc2ccco2)NC2CCCC2)CC1)N1CCCCC1. The van der Waals surface area contributed by atoms with Crippen LogP contribution in [0.1, 0.15) is 50.7 Å². The summed E-state index contributed by atoms with van der Waals surface area (Å²) in [6.45, 7) is 6.86. The first-order valence-electron chi connectivity index (χ1n) is 11.9. The number of furan rings is 1. The topological polar surface area (TPSA) is 64.3 Å². The lowest BCUT2D eigenvalue weighted by atomic mass is 10.1. The van der Waals surface area contributed by atoms with Gasteiger partial charge in [0.1, 0.15) is 5.76 Å². The van der Waals surface area contributed by atoms with Crippen molar-refractivity contribution in [1.29, 1.82) is 0 Å². The predicted molar refractivity (Wildman–Crippen MR) is 119 cm³/mol. The molecular weight excluding hydrogens is 378 g/mol. The van der Waals surface area contributed by atoms with E-state index in [4.69, 9.17) is 9.41 Å². The molecule has 3 heterocycles. The third-order valence-electron chi connectivity index (χ3n) is 6.63. The van der Waals surface area contributed by atoms with Crippen LogP contribution < -0.4 is 5.32 Å². The van der Waals surface area contributed by atoms with E-state index in [0.717, 1.165) is 76.8 Å². The normalized spacial score (nSPS) is 21.9. The number of carbonyl (C=O) groups is 1. The zero-order valence-electron chi connectivity index (χ0n) is 18.2. The van der Waals surface area contributed by atoms with Crippen LogP contribution in [-0.4, -0.2) is 85.0 Å². The number of amides is 1. The van der Waals surface area contributed by atoms with E-state index in [2.05, 4.69) is 20.0 Å². The second-order valence-corrected chi connectivity index (χ2v) is 8.87. The summed E-state index contributed by atoms with van der Waals surface area (Å²) in [4.78, 5) is 24.3. The lowest BCUT2D eigenvalue weighted by Gasteiger charge is -2.38. The fourth-order valence-electron chi connectivity index (χ4n) is 4.77. The Morgan fingerprint density at radius 1 is 1.00 bits per heavy atom. The van der Waals surface area contributed by atoms with Gasteiger partial charge in [0.2, 0.25) is 5.91 Å². The summed E-state index contributed by atoms with van der Waals surface area (Å²) in [5.74, 6) is 2.33. The fourth-order valence-corrected chi connectivity index (χ4v) is 4.77. The minimum Gasteiger partial charge on any atom is -0.469 e. The van der Waals surface area contributed by atoms with Gasteiger partial charge in [-0.1, -0.05) is 12.8 Å². The maximum absolute atomic E-state index is 12.6. The summed E-state index contributed by atoms with van der Waals surface area (Å²) in [5.41, 5.74) is 0. The molecule has 1 aromatic heterocycles. The van der Waals surface area contributed by atoms with Crippen molar-refractivity contribution >= 4 is 11.9 Å². The molecule has 2 aliphatic heterocycles. The van der Waals surface area contributed by atoms with Crippen LogP contribution in [-0.2, 0) is 11.2 Å². The molecule has 2 saturated heterocycles. The second-order valence-electron chi connectivity index (χ2n) is 8.87. The zero-order chi connectivity index (χ0) is 20.6. The molecule has 3 aliphatic rings. The van der Waals surface area contributed by atoms with E-state index >= 15 is 0 Å². The van der Waals surface area contributed by atoms with E-state index in [1.54, 1.807) is 6.26 Å². The van der Waals surface area contributed by atoms with Gasteiger partial charge >= 0.3 is 0 Å². The molecule has 166 valence electrons. The van der Waals surface area contributed by atoms with E-state index in [1.165, 1.54) is 32.1 Å². The molecule has 0 atom stereocenters. The van der Waals surface area contributed by atoms with Crippen LogP contribution >= 0.6 is 0 Å². The molecule has 7 nitrogen and oxygen atoms in total. The summed E-state index contributed by atoms with van der Waals surface area (Å²) in [6.07, 6.45) is 11.2. The van der Waals surface area contributed by atoms with Crippen LogP contribution in [0.2, 0.25) is 0 Å². The van der Waals surface area contributed by atoms with Crippen LogP contribution in [0, 0.1) is 0 Å². The molecule has 1 amide bonds. The summed E-state index contributed by atoms with van der Waals surface area (Å²) in [7, 11) is 0. The number of rotatable bonds is 6. The average molecular weight is 416 g/mol. The number of piperazine rings is 1. The number of nitrogens with zero attached hydrogens (tertiary/aromatic N) is 4. The smallest absolute Gasteiger partial charge is 0.236 e. The highest BCUT2D eigenvalue weighted by atomic mass is 16.3. The van der Waals surface area contributed by atoms with Gasteiger partial charge in [-0.25, -0.2) is 0 Å². The van der Waals surface area contributed by atoms with E-state index in [1.807, 2.05) is 12.1 Å².